The van der Waals surface area contributed by atoms with Crippen LogP contribution in [-0.2, 0) is 10.0 Å². The molecule has 148 valence electrons. The number of hydrogen-bond acceptors (Lipinski definition) is 4. The van der Waals surface area contributed by atoms with E-state index in [0.717, 1.165) is 31.7 Å². The predicted octanol–water partition coefficient (Wildman–Crippen LogP) is 3.31. The molecule has 1 aliphatic heterocycles. The van der Waals surface area contributed by atoms with Crippen molar-refractivity contribution in [2.75, 3.05) is 13.1 Å². The van der Waals surface area contributed by atoms with Crippen LogP contribution in [0.4, 0.5) is 0 Å². The minimum atomic E-state index is -3.88. The largest absolute Gasteiger partial charge is 0.478 e. The highest BCUT2D eigenvalue weighted by Gasteiger charge is 2.27. The second-order valence-electron chi connectivity index (χ2n) is 6.72. The molecule has 0 unspecified atom stereocenters. The number of hydrogen-bond donors (Lipinski definition) is 2. The SMILES string of the molecule is O=C(O)c1cc(-c2ccccc2C(=O)O)cc(S(=O)(=O)N2CCCCCC2)c1. The van der Waals surface area contributed by atoms with Crippen LogP contribution in [0.3, 0.4) is 0 Å². The van der Waals surface area contributed by atoms with Gasteiger partial charge in [0.25, 0.3) is 0 Å². The summed E-state index contributed by atoms with van der Waals surface area (Å²) in [6.45, 7) is 0.779. The Morgan fingerprint density at radius 3 is 2.11 bits per heavy atom. The summed E-state index contributed by atoms with van der Waals surface area (Å²) in [7, 11) is -3.88. The maximum Gasteiger partial charge on any atom is 0.336 e. The molecule has 1 saturated heterocycles. The van der Waals surface area contributed by atoms with Gasteiger partial charge in [0.1, 0.15) is 0 Å². The number of nitrogens with zero attached hydrogens (tertiary/aromatic N) is 1. The standard InChI is InChI=1S/C20H21NO6S/c22-19(23)15-11-14(17-7-3-4-8-18(17)20(24)25)12-16(13-15)28(26,27)21-9-5-1-2-6-10-21/h3-4,7-8,11-13H,1-2,5-6,9-10H2,(H,22,23)(H,24,25). The summed E-state index contributed by atoms with van der Waals surface area (Å²) in [5.74, 6) is -2.45. The minimum Gasteiger partial charge on any atom is -0.478 e. The first kappa shape index (κ1) is 20.0. The molecule has 3 rings (SSSR count). The van der Waals surface area contributed by atoms with Gasteiger partial charge in [0.15, 0.2) is 0 Å². The molecule has 7 nitrogen and oxygen atoms in total. The van der Waals surface area contributed by atoms with Gasteiger partial charge in [-0.3, -0.25) is 0 Å². The second kappa shape index (κ2) is 8.12. The Balaban J connectivity index is 2.16. The lowest BCUT2D eigenvalue weighted by molar-refractivity contribution is 0.0687. The van der Waals surface area contributed by atoms with Crippen molar-refractivity contribution in [1.29, 1.82) is 0 Å². The van der Waals surface area contributed by atoms with Gasteiger partial charge >= 0.3 is 11.9 Å². The fraction of sp³-hybridized carbons (Fsp3) is 0.300. The zero-order valence-corrected chi connectivity index (χ0v) is 16.0. The van der Waals surface area contributed by atoms with Crippen LogP contribution in [0.25, 0.3) is 11.1 Å². The van der Waals surface area contributed by atoms with Gasteiger partial charge in [-0.1, -0.05) is 31.0 Å². The first-order chi connectivity index (χ1) is 13.3. The summed E-state index contributed by atoms with van der Waals surface area (Å²) in [6.07, 6.45) is 3.43. The Labute approximate surface area is 163 Å². The van der Waals surface area contributed by atoms with E-state index in [0.29, 0.717) is 13.1 Å². The molecule has 0 spiro atoms. The molecule has 0 radical (unpaired) electrons. The normalized spacial score (nSPS) is 15.7. The van der Waals surface area contributed by atoms with Gasteiger partial charge in [0.2, 0.25) is 10.0 Å². The molecule has 2 aromatic carbocycles. The molecule has 0 aliphatic carbocycles. The van der Waals surface area contributed by atoms with Crippen LogP contribution >= 0.6 is 0 Å². The lowest BCUT2D eigenvalue weighted by atomic mass is 9.98. The molecule has 1 fully saturated rings. The van der Waals surface area contributed by atoms with Crippen LogP contribution < -0.4 is 0 Å². The molecule has 1 aliphatic rings. The van der Waals surface area contributed by atoms with E-state index in [1.807, 2.05) is 0 Å². The maximum atomic E-state index is 13.1. The van der Waals surface area contributed by atoms with Crippen molar-refractivity contribution in [2.24, 2.45) is 0 Å². The van der Waals surface area contributed by atoms with Crippen molar-refractivity contribution >= 4 is 22.0 Å². The van der Waals surface area contributed by atoms with Gasteiger partial charge in [-0.15, -0.1) is 0 Å². The first-order valence-corrected chi connectivity index (χ1v) is 10.5. The summed E-state index contributed by atoms with van der Waals surface area (Å²) in [4.78, 5) is 23.0. The zero-order chi connectivity index (χ0) is 20.3. The van der Waals surface area contributed by atoms with Crippen molar-refractivity contribution < 1.29 is 28.2 Å². The van der Waals surface area contributed by atoms with Crippen molar-refractivity contribution in [3.63, 3.8) is 0 Å². The fourth-order valence-electron chi connectivity index (χ4n) is 3.38. The van der Waals surface area contributed by atoms with E-state index in [4.69, 9.17) is 0 Å². The fourth-order valence-corrected chi connectivity index (χ4v) is 4.97. The Kier molecular flexibility index (Phi) is 5.81. The Morgan fingerprint density at radius 1 is 0.857 bits per heavy atom. The molecular weight excluding hydrogens is 382 g/mol. The summed E-state index contributed by atoms with van der Waals surface area (Å²) in [5.41, 5.74) is 0.283. The lowest BCUT2D eigenvalue weighted by Crippen LogP contribution is -2.32. The van der Waals surface area contributed by atoms with Crippen molar-refractivity contribution in [3.8, 4) is 11.1 Å². The summed E-state index contributed by atoms with van der Waals surface area (Å²) < 4.78 is 27.7. The number of benzene rings is 2. The molecule has 0 aromatic heterocycles. The van der Waals surface area contributed by atoms with Gasteiger partial charge in [0, 0.05) is 13.1 Å². The van der Waals surface area contributed by atoms with E-state index < -0.39 is 22.0 Å². The van der Waals surface area contributed by atoms with Gasteiger partial charge in [0.05, 0.1) is 16.0 Å². The monoisotopic (exact) mass is 403 g/mol. The number of carboxylic acid groups (broad SMARTS) is 2. The molecule has 0 atom stereocenters. The zero-order valence-electron chi connectivity index (χ0n) is 15.2. The molecule has 0 saturated carbocycles. The van der Waals surface area contributed by atoms with Crippen LogP contribution in [0.15, 0.2) is 47.4 Å². The third kappa shape index (κ3) is 4.07. The third-order valence-electron chi connectivity index (χ3n) is 4.82. The molecule has 2 N–H and O–H groups in total. The van der Waals surface area contributed by atoms with Gasteiger partial charge in [-0.25, -0.2) is 18.0 Å². The molecule has 2 aromatic rings. The lowest BCUT2D eigenvalue weighted by Gasteiger charge is -2.21. The number of rotatable bonds is 5. The van der Waals surface area contributed by atoms with Gasteiger partial charge in [-0.2, -0.15) is 4.31 Å². The van der Waals surface area contributed by atoms with Crippen LogP contribution in [0.5, 0.6) is 0 Å². The Morgan fingerprint density at radius 2 is 1.50 bits per heavy atom. The van der Waals surface area contributed by atoms with Crippen LogP contribution in [0.1, 0.15) is 46.4 Å². The molecule has 28 heavy (non-hydrogen) atoms. The third-order valence-corrected chi connectivity index (χ3v) is 6.70. The molecular formula is C20H21NO6S. The van der Waals surface area contributed by atoms with E-state index in [9.17, 15) is 28.2 Å². The van der Waals surface area contributed by atoms with Crippen molar-refractivity contribution in [3.05, 3.63) is 53.6 Å². The molecule has 1 heterocycles. The van der Waals surface area contributed by atoms with Gasteiger partial charge in [-0.05, 0) is 48.2 Å². The van der Waals surface area contributed by atoms with Crippen molar-refractivity contribution in [2.45, 2.75) is 30.6 Å². The quantitative estimate of drug-likeness (QED) is 0.792. The topological polar surface area (TPSA) is 112 Å². The summed E-state index contributed by atoms with van der Waals surface area (Å²) in [5, 5.41) is 18.9. The van der Waals surface area contributed by atoms with E-state index in [1.54, 1.807) is 12.1 Å². The molecule has 0 amide bonds. The Bertz CT molecular complexity index is 1010. The van der Waals surface area contributed by atoms with Crippen LogP contribution in [0, 0.1) is 0 Å². The number of carboxylic acids is 2. The van der Waals surface area contributed by atoms with Crippen molar-refractivity contribution in [1.82, 2.24) is 4.31 Å². The number of aromatic carboxylic acids is 2. The average molecular weight is 403 g/mol. The highest BCUT2D eigenvalue weighted by Crippen LogP contribution is 2.30. The second-order valence-corrected chi connectivity index (χ2v) is 8.66. The molecule has 8 heteroatoms. The Hall–Kier alpha value is -2.71. The number of sulfonamides is 1. The predicted molar refractivity (Wildman–Crippen MR) is 103 cm³/mol. The smallest absolute Gasteiger partial charge is 0.336 e. The average Bonchev–Trinajstić information content (AvgIpc) is 2.97. The van der Waals surface area contributed by atoms with Crippen LogP contribution in [0.2, 0.25) is 0 Å². The molecule has 0 bridgehead atoms. The summed E-state index contributed by atoms with van der Waals surface area (Å²) in [6, 6.07) is 9.90. The highest BCUT2D eigenvalue weighted by molar-refractivity contribution is 7.89. The van der Waals surface area contributed by atoms with E-state index in [-0.39, 0.29) is 27.1 Å². The van der Waals surface area contributed by atoms with E-state index in [2.05, 4.69) is 0 Å². The number of carbonyl (C=O) groups is 2. The highest BCUT2D eigenvalue weighted by atomic mass is 32.2. The van der Waals surface area contributed by atoms with Crippen LogP contribution in [-0.4, -0.2) is 48.0 Å². The summed E-state index contributed by atoms with van der Waals surface area (Å²) >= 11 is 0. The van der Waals surface area contributed by atoms with Gasteiger partial charge < -0.3 is 10.2 Å². The minimum absolute atomic E-state index is 0.0249. The first-order valence-electron chi connectivity index (χ1n) is 9.02. The maximum absolute atomic E-state index is 13.1. The van der Waals surface area contributed by atoms with E-state index >= 15 is 0 Å². The van der Waals surface area contributed by atoms with E-state index in [1.165, 1.54) is 28.6 Å².